The Morgan fingerprint density at radius 1 is 1.14 bits per heavy atom. The fourth-order valence-electron chi connectivity index (χ4n) is 2.15. The van der Waals surface area contributed by atoms with Crippen LogP contribution in [0.2, 0.25) is 0 Å². The van der Waals surface area contributed by atoms with Crippen LogP contribution in [0.15, 0.2) is 35.0 Å². The first-order chi connectivity index (χ1) is 10.7. The van der Waals surface area contributed by atoms with Gasteiger partial charge in [0.05, 0.1) is 26.1 Å². The molecule has 0 saturated carbocycles. The molecule has 7 heteroatoms. The highest BCUT2D eigenvalue weighted by Crippen LogP contribution is 2.31. The van der Waals surface area contributed by atoms with Gasteiger partial charge in [-0.2, -0.15) is 0 Å². The zero-order chi connectivity index (χ0) is 15.5. The van der Waals surface area contributed by atoms with Gasteiger partial charge in [-0.25, -0.2) is 4.68 Å². The van der Waals surface area contributed by atoms with Crippen molar-refractivity contribution in [2.75, 3.05) is 14.2 Å². The molecule has 0 aliphatic rings. The fraction of sp³-hybridized carbons (Fsp3) is 0.267. The molecule has 0 radical (unpaired) electrons. The predicted octanol–water partition coefficient (Wildman–Crippen LogP) is 2.31. The van der Waals surface area contributed by atoms with E-state index in [1.807, 2.05) is 37.4 Å². The molecule has 7 nitrogen and oxygen atoms in total. The molecular formula is C15H16N4O3. The maximum Gasteiger partial charge on any atom is 0.161 e. The van der Waals surface area contributed by atoms with Crippen LogP contribution in [0.4, 0.5) is 0 Å². The Bertz CT molecular complexity index is 779. The number of hydrogen-bond donors (Lipinski definition) is 0. The van der Waals surface area contributed by atoms with Gasteiger partial charge < -0.3 is 14.0 Å². The molecule has 0 aliphatic heterocycles. The molecule has 3 aromatic rings. The summed E-state index contributed by atoms with van der Waals surface area (Å²) in [5.74, 6) is 2.07. The zero-order valence-corrected chi connectivity index (χ0v) is 12.6. The Morgan fingerprint density at radius 3 is 2.64 bits per heavy atom. The van der Waals surface area contributed by atoms with E-state index in [9.17, 15) is 0 Å². The lowest BCUT2D eigenvalue weighted by atomic mass is 10.1. The average Bonchev–Trinajstić information content (AvgIpc) is 3.16. The SMILES string of the molecule is COc1ccc(-c2cn(Cc3cc(C)no3)nn2)cc1OC. The highest BCUT2D eigenvalue weighted by Gasteiger charge is 2.10. The molecule has 2 aromatic heterocycles. The average molecular weight is 300 g/mol. The summed E-state index contributed by atoms with van der Waals surface area (Å²) in [5, 5.41) is 12.1. The Labute approximate surface area is 127 Å². The van der Waals surface area contributed by atoms with Gasteiger partial charge in [0.15, 0.2) is 17.3 Å². The zero-order valence-electron chi connectivity index (χ0n) is 12.6. The number of rotatable bonds is 5. The summed E-state index contributed by atoms with van der Waals surface area (Å²) in [6.07, 6.45) is 1.85. The van der Waals surface area contributed by atoms with Crippen molar-refractivity contribution in [1.29, 1.82) is 0 Å². The van der Waals surface area contributed by atoms with Crippen molar-refractivity contribution in [3.63, 3.8) is 0 Å². The van der Waals surface area contributed by atoms with Crippen molar-refractivity contribution in [1.82, 2.24) is 20.2 Å². The lowest BCUT2D eigenvalue weighted by molar-refractivity contribution is 0.355. The van der Waals surface area contributed by atoms with Crippen molar-refractivity contribution in [3.8, 4) is 22.8 Å². The molecule has 0 atom stereocenters. The quantitative estimate of drug-likeness (QED) is 0.719. The Morgan fingerprint density at radius 2 is 1.95 bits per heavy atom. The Balaban J connectivity index is 1.84. The van der Waals surface area contributed by atoms with Crippen molar-refractivity contribution < 1.29 is 14.0 Å². The molecule has 0 bridgehead atoms. The fourth-order valence-corrected chi connectivity index (χ4v) is 2.15. The van der Waals surface area contributed by atoms with Gasteiger partial charge in [-0.1, -0.05) is 10.4 Å². The third-order valence-electron chi connectivity index (χ3n) is 3.21. The number of benzene rings is 1. The standard InChI is InChI=1S/C15H16N4O3/c1-10-6-12(22-17-10)8-19-9-13(16-18-19)11-4-5-14(20-2)15(7-11)21-3/h4-7,9H,8H2,1-3H3. The van der Waals surface area contributed by atoms with E-state index in [4.69, 9.17) is 14.0 Å². The molecule has 0 aliphatic carbocycles. The van der Waals surface area contributed by atoms with E-state index in [2.05, 4.69) is 15.5 Å². The van der Waals surface area contributed by atoms with E-state index in [1.54, 1.807) is 18.9 Å². The minimum Gasteiger partial charge on any atom is -0.493 e. The summed E-state index contributed by atoms with van der Waals surface area (Å²) in [7, 11) is 3.21. The molecule has 0 N–H and O–H groups in total. The van der Waals surface area contributed by atoms with E-state index in [0.29, 0.717) is 18.0 Å². The lowest BCUT2D eigenvalue weighted by Gasteiger charge is -2.07. The van der Waals surface area contributed by atoms with Crippen LogP contribution in [0.1, 0.15) is 11.5 Å². The van der Waals surface area contributed by atoms with E-state index in [0.717, 1.165) is 22.7 Å². The van der Waals surface area contributed by atoms with Crippen LogP contribution in [0.3, 0.4) is 0 Å². The third-order valence-corrected chi connectivity index (χ3v) is 3.21. The Kier molecular flexibility index (Phi) is 3.78. The number of ether oxygens (including phenoxy) is 2. The van der Waals surface area contributed by atoms with Crippen LogP contribution < -0.4 is 9.47 Å². The van der Waals surface area contributed by atoms with Gasteiger partial charge in [0.2, 0.25) is 0 Å². The number of methoxy groups -OCH3 is 2. The third kappa shape index (κ3) is 2.78. The summed E-state index contributed by atoms with van der Waals surface area (Å²) in [6.45, 7) is 2.37. The second kappa shape index (κ2) is 5.88. The van der Waals surface area contributed by atoms with Crippen LogP contribution in [-0.4, -0.2) is 34.4 Å². The maximum absolute atomic E-state index is 5.30. The van der Waals surface area contributed by atoms with Crippen molar-refractivity contribution in [2.45, 2.75) is 13.5 Å². The first kappa shape index (κ1) is 14.1. The number of nitrogens with zero attached hydrogens (tertiary/aromatic N) is 4. The summed E-state index contributed by atoms with van der Waals surface area (Å²) in [4.78, 5) is 0. The highest BCUT2D eigenvalue weighted by molar-refractivity contribution is 5.63. The van der Waals surface area contributed by atoms with E-state index in [-0.39, 0.29) is 0 Å². The molecule has 2 heterocycles. The maximum atomic E-state index is 5.30. The number of aromatic nitrogens is 4. The van der Waals surface area contributed by atoms with Gasteiger partial charge in [0, 0.05) is 11.6 Å². The smallest absolute Gasteiger partial charge is 0.161 e. The largest absolute Gasteiger partial charge is 0.493 e. The van der Waals surface area contributed by atoms with Gasteiger partial charge in [0.1, 0.15) is 12.2 Å². The first-order valence-electron chi connectivity index (χ1n) is 6.74. The molecule has 114 valence electrons. The molecule has 0 unspecified atom stereocenters. The minimum atomic E-state index is 0.487. The second-order valence-electron chi connectivity index (χ2n) is 4.81. The van der Waals surface area contributed by atoms with Crippen LogP contribution in [0.5, 0.6) is 11.5 Å². The minimum absolute atomic E-state index is 0.487. The lowest BCUT2D eigenvalue weighted by Crippen LogP contribution is -1.98. The molecule has 0 amide bonds. The van der Waals surface area contributed by atoms with E-state index >= 15 is 0 Å². The first-order valence-corrected chi connectivity index (χ1v) is 6.74. The molecule has 1 aromatic carbocycles. The topological polar surface area (TPSA) is 75.2 Å². The van der Waals surface area contributed by atoms with Crippen molar-refractivity contribution in [3.05, 3.63) is 41.9 Å². The molecule has 22 heavy (non-hydrogen) atoms. The summed E-state index contributed by atoms with van der Waals surface area (Å²) in [6, 6.07) is 7.49. The molecule has 0 spiro atoms. The second-order valence-corrected chi connectivity index (χ2v) is 4.81. The van der Waals surface area contributed by atoms with E-state index in [1.165, 1.54) is 0 Å². The summed E-state index contributed by atoms with van der Waals surface area (Å²) >= 11 is 0. The molecular weight excluding hydrogens is 284 g/mol. The highest BCUT2D eigenvalue weighted by atomic mass is 16.5. The predicted molar refractivity (Wildman–Crippen MR) is 78.9 cm³/mol. The van der Waals surface area contributed by atoms with Gasteiger partial charge in [-0.05, 0) is 25.1 Å². The van der Waals surface area contributed by atoms with Crippen molar-refractivity contribution >= 4 is 0 Å². The van der Waals surface area contributed by atoms with E-state index < -0.39 is 0 Å². The van der Waals surface area contributed by atoms with Crippen LogP contribution in [0, 0.1) is 6.92 Å². The monoisotopic (exact) mass is 300 g/mol. The van der Waals surface area contributed by atoms with Gasteiger partial charge in [0.25, 0.3) is 0 Å². The number of hydrogen-bond acceptors (Lipinski definition) is 6. The van der Waals surface area contributed by atoms with Gasteiger partial charge in [-0.3, -0.25) is 0 Å². The van der Waals surface area contributed by atoms with Crippen LogP contribution in [-0.2, 0) is 6.54 Å². The molecule has 0 saturated heterocycles. The number of aryl methyl sites for hydroxylation is 1. The summed E-state index contributed by atoms with van der Waals surface area (Å²) in [5.41, 5.74) is 2.49. The Hall–Kier alpha value is -2.83. The van der Waals surface area contributed by atoms with Crippen molar-refractivity contribution in [2.24, 2.45) is 0 Å². The molecule has 0 fully saturated rings. The molecule has 3 rings (SSSR count). The van der Waals surface area contributed by atoms with Gasteiger partial charge in [-0.15, -0.1) is 5.10 Å². The normalized spacial score (nSPS) is 10.7. The van der Waals surface area contributed by atoms with Crippen LogP contribution in [0.25, 0.3) is 11.3 Å². The summed E-state index contributed by atoms with van der Waals surface area (Å²) < 4.78 is 17.4. The van der Waals surface area contributed by atoms with Crippen LogP contribution >= 0.6 is 0 Å². The van der Waals surface area contributed by atoms with Gasteiger partial charge >= 0.3 is 0 Å².